The van der Waals surface area contributed by atoms with E-state index in [9.17, 15) is 10.1 Å². The monoisotopic (exact) mass is 226 g/mol. The fourth-order valence-electron chi connectivity index (χ4n) is 1.90. The van der Waals surface area contributed by atoms with Crippen LogP contribution in [0.2, 0.25) is 5.02 Å². The number of nitro benzene ring substituents is 1. The molecule has 1 heterocycles. The number of aryl methyl sites for hydroxylation is 1. The van der Waals surface area contributed by atoms with Gasteiger partial charge >= 0.3 is 0 Å². The molecule has 80 valence electrons. The fraction of sp³-hybridized carbons (Fsp3) is 0.400. The lowest BCUT2D eigenvalue weighted by atomic mass is 10.0. The van der Waals surface area contributed by atoms with Gasteiger partial charge in [0.25, 0.3) is 5.69 Å². The van der Waals surface area contributed by atoms with Gasteiger partial charge in [0.05, 0.1) is 4.92 Å². The van der Waals surface area contributed by atoms with Crippen molar-refractivity contribution in [1.29, 1.82) is 0 Å². The highest BCUT2D eigenvalue weighted by molar-refractivity contribution is 6.32. The van der Waals surface area contributed by atoms with Crippen LogP contribution >= 0.6 is 11.6 Å². The number of hydrogen-bond donors (Lipinski definition) is 1. The minimum absolute atomic E-state index is 0.0589. The molecule has 0 radical (unpaired) electrons. The molecule has 0 spiro atoms. The lowest BCUT2D eigenvalue weighted by Crippen LogP contribution is -2.13. The highest BCUT2D eigenvalue weighted by atomic mass is 35.5. The van der Waals surface area contributed by atoms with E-state index < -0.39 is 4.92 Å². The normalized spacial score (nSPS) is 15.5. The van der Waals surface area contributed by atoms with Gasteiger partial charge in [0.15, 0.2) is 0 Å². The number of nitrogens with zero attached hydrogens (tertiary/aromatic N) is 1. The Balaban J connectivity index is 2.56. The van der Waals surface area contributed by atoms with Crippen molar-refractivity contribution in [3.63, 3.8) is 0 Å². The van der Waals surface area contributed by atoms with E-state index in [-0.39, 0.29) is 10.7 Å². The first kappa shape index (κ1) is 10.4. The van der Waals surface area contributed by atoms with Gasteiger partial charge in [-0.2, -0.15) is 0 Å². The van der Waals surface area contributed by atoms with Crippen molar-refractivity contribution < 1.29 is 4.92 Å². The van der Waals surface area contributed by atoms with Crippen molar-refractivity contribution >= 4 is 17.3 Å². The molecular formula is C10H11ClN2O2. The Morgan fingerprint density at radius 1 is 1.47 bits per heavy atom. The highest BCUT2D eigenvalue weighted by Gasteiger charge is 2.22. The van der Waals surface area contributed by atoms with Crippen LogP contribution in [0, 0.1) is 10.1 Å². The third kappa shape index (κ3) is 1.96. The molecule has 5 heteroatoms. The third-order valence-electron chi connectivity index (χ3n) is 2.61. The van der Waals surface area contributed by atoms with Crippen molar-refractivity contribution in [3.8, 4) is 0 Å². The Labute approximate surface area is 92.4 Å². The molecule has 0 fully saturated rings. The summed E-state index contributed by atoms with van der Waals surface area (Å²) < 4.78 is 0. The van der Waals surface area contributed by atoms with E-state index in [1.165, 1.54) is 0 Å². The molecule has 0 aromatic heterocycles. The quantitative estimate of drug-likeness (QED) is 0.591. The molecule has 0 saturated heterocycles. The lowest BCUT2D eigenvalue weighted by Gasteiger charge is -2.07. The average Bonchev–Trinajstić information content (AvgIpc) is 2.41. The highest BCUT2D eigenvalue weighted by Crippen LogP contribution is 2.32. The summed E-state index contributed by atoms with van der Waals surface area (Å²) in [5, 5.41) is 14.3. The van der Waals surface area contributed by atoms with Gasteiger partial charge in [0, 0.05) is 12.1 Å². The van der Waals surface area contributed by atoms with E-state index in [2.05, 4.69) is 5.32 Å². The second-order valence-corrected chi connectivity index (χ2v) is 3.98. The zero-order chi connectivity index (χ0) is 10.8. The number of hydrogen-bond acceptors (Lipinski definition) is 3. The molecule has 0 bridgehead atoms. The number of nitrogens with one attached hydrogen (secondary N) is 1. The molecule has 0 atom stereocenters. The number of rotatable bonds is 1. The van der Waals surface area contributed by atoms with Gasteiger partial charge in [-0.3, -0.25) is 10.1 Å². The smallest absolute Gasteiger partial charge is 0.292 e. The Kier molecular flexibility index (Phi) is 2.88. The second kappa shape index (κ2) is 4.16. The molecule has 0 amide bonds. The topological polar surface area (TPSA) is 55.2 Å². The van der Waals surface area contributed by atoms with Gasteiger partial charge in [-0.15, -0.1) is 0 Å². The first-order chi connectivity index (χ1) is 7.20. The molecular weight excluding hydrogens is 216 g/mol. The predicted octanol–water partition coefficient (Wildman–Crippen LogP) is 2.28. The van der Waals surface area contributed by atoms with Crippen molar-refractivity contribution in [2.45, 2.75) is 19.4 Å². The van der Waals surface area contributed by atoms with E-state index in [0.717, 1.165) is 30.5 Å². The minimum atomic E-state index is -0.395. The molecule has 1 aromatic carbocycles. The zero-order valence-corrected chi connectivity index (χ0v) is 8.88. The maximum absolute atomic E-state index is 10.9. The number of fused-ring (bicyclic) bond motifs is 1. The lowest BCUT2D eigenvalue weighted by molar-refractivity contribution is -0.385. The van der Waals surface area contributed by atoms with Gasteiger partial charge in [0.1, 0.15) is 5.02 Å². The Hall–Kier alpha value is -1.13. The number of nitro groups is 1. The summed E-state index contributed by atoms with van der Waals surface area (Å²) in [5.74, 6) is 0. The standard InChI is InChI=1S/C10H11ClN2O2/c11-9-4-3-7-2-1-5-12-6-8(7)10(9)13(14)15/h3-4,12H,1-2,5-6H2. The molecule has 1 aliphatic rings. The molecule has 0 saturated carbocycles. The Bertz CT molecular complexity index is 407. The van der Waals surface area contributed by atoms with Crippen LogP contribution in [0.25, 0.3) is 0 Å². The summed E-state index contributed by atoms with van der Waals surface area (Å²) in [6.45, 7) is 1.43. The van der Waals surface area contributed by atoms with E-state index in [1.807, 2.05) is 6.07 Å². The Morgan fingerprint density at radius 3 is 3.00 bits per heavy atom. The van der Waals surface area contributed by atoms with Crippen LogP contribution in [0.15, 0.2) is 12.1 Å². The third-order valence-corrected chi connectivity index (χ3v) is 2.92. The van der Waals surface area contributed by atoms with Crippen LogP contribution in [-0.2, 0) is 13.0 Å². The van der Waals surface area contributed by atoms with Gasteiger partial charge in [-0.1, -0.05) is 17.7 Å². The summed E-state index contributed by atoms with van der Waals surface area (Å²) in [6, 6.07) is 3.50. The van der Waals surface area contributed by atoms with Crippen LogP contribution in [0.3, 0.4) is 0 Å². The van der Waals surface area contributed by atoms with Crippen LogP contribution in [0.5, 0.6) is 0 Å². The zero-order valence-electron chi connectivity index (χ0n) is 8.12. The van der Waals surface area contributed by atoms with Gasteiger partial charge in [0.2, 0.25) is 0 Å². The maximum atomic E-state index is 10.9. The summed E-state index contributed by atoms with van der Waals surface area (Å²) in [5.41, 5.74) is 1.84. The van der Waals surface area contributed by atoms with E-state index in [1.54, 1.807) is 6.07 Å². The fourth-order valence-corrected chi connectivity index (χ4v) is 2.14. The summed E-state index contributed by atoms with van der Waals surface area (Å²) in [7, 11) is 0. The Morgan fingerprint density at radius 2 is 2.27 bits per heavy atom. The van der Waals surface area contributed by atoms with Gasteiger partial charge in [-0.05, 0) is 31.0 Å². The molecule has 4 nitrogen and oxygen atoms in total. The van der Waals surface area contributed by atoms with Crippen molar-refractivity contribution in [3.05, 3.63) is 38.4 Å². The van der Waals surface area contributed by atoms with Crippen LogP contribution in [-0.4, -0.2) is 11.5 Å². The SMILES string of the molecule is O=[N+]([O-])c1c(Cl)ccc2c1CNCCC2. The van der Waals surface area contributed by atoms with Crippen molar-refractivity contribution in [2.75, 3.05) is 6.54 Å². The molecule has 15 heavy (non-hydrogen) atoms. The molecule has 0 unspecified atom stereocenters. The summed E-state index contributed by atoms with van der Waals surface area (Å²) in [6.07, 6.45) is 1.88. The summed E-state index contributed by atoms with van der Waals surface area (Å²) in [4.78, 5) is 10.5. The minimum Gasteiger partial charge on any atom is -0.312 e. The largest absolute Gasteiger partial charge is 0.312 e. The maximum Gasteiger partial charge on any atom is 0.292 e. The van der Waals surface area contributed by atoms with Gasteiger partial charge < -0.3 is 5.32 Å². The molecule has 1 aromatic rings. The molecule has 1 N–H and O–H groups in total. The van der Waals surface area contributed by atoms with E-state index >= 15 is 0 Å². The molecule has 1 aliphatic heterocycles. The van der Waals surface area contributed by atoms with Crippen LogP contribution < -0.4 is 5.32 Å². The van der Waals surface area contributed by atoms with Gasteiger partial charge in [-0.25, -0.2) is 0 Å². The van der Waals surface area contributed by atoms with Crippen molar-refractivity contribution in [1.82, 2.24) is 5.32 Å². The van der Waals surface area contributed by atoms with E-state index in [4.69, 9.17) is 11.6 Å². The number of halogens is 1. The van der Waals surface area contributed by atoms with Crippen LogP contribution in [0.1, 0.15) is 17.5 Å². The predicted molar refractivity (Wildman–Crippen MR) is 58.1 cm³/mol. The molecule has 2 rings (SSSR count). The van der Waals surface area contributed by atoms with Crippen molar-refractivity contribution in [2.24, 2.45) is 0 Å². The first-order valence-electron chi connectivity index (χ1n) is 4.85. The number of benzene rings is 1. The second-order valence-electron chi connectivity index (χ2n) is 3.57. The first-order valence-corrected chi connectivity index (χ1v) is 5.23. The summed E-state index contributed by atoms with van der Waals surface area (Å²) >= 11 is 5.84. The average molecular weight is 227 g/mol. The molecule has 0 aliphatic carbocycles. The van der Waals surface area contributed by atoms with E-state index in [0.29, 0.717) is 6.54 Å². The van der Waals surface area contributed by atoms with Crippen LogP contribution in [0.4, 0.5) is 5.69 Å².